The van der Waals surface area contributed by atoms with Crippen molar-refractivity contribution >= 4 is 0 Å². The van der Waals surface area contributed by atoms with Gasteiger partial charge in [0, 0.05) is 30.5 Å². The number of hydrogen-bond acceptors (Lipinski definition) is 4. The molecule has 1 heterocycles. The predicted molar refractivity (Wildman–Crippen MR) is 128 cm³/mol. The fourth-order valence-electron chi connectivity index (χ4n) is 4.15. The Labute approximate surface area is 199 Å². The molecule has 0 aliphatic carbocycles. The molecule has 0 aromatic heterocycles. The van der Waals surface area contributed by atoms with Crippen molar-refractivity contribution in [3.05, 3.63) is 101 Å². The molecular weight excluding hydrogens is 436 g/mol. The van der Waals surface area contributed by atoms with Gasteiger partial charge >= 0.3 is 0 Å². The zero-order valence-electron chi connectivity index (χ0n) is 19.2. The van der Waals surface area contributed by atoms with Crippen molar-refractivity contribution in [2.45, 2.75) is 38.1 Å². The van der Waals surface area contributed by atoms with Gasteiger partial charge in [0.15, 0.2) is 0 Å². The summed E-state index contributed by atoms with van der Waals surface area (Å²) in [6, 6.07) is 21.8. The largest absolute Gasteiger partial charge is 0.494 e. The van der Waals surface area contributed by atoms with Gasteiger partial charge in [-0.15, -0.1) is 0 Å². The van der Waals surface area contributed by atoms with Gasteiger partial charge in [0.1, 0.15) is 17.4 Å². The zero-order valence-corrected chi connectivity index (χ0v) is 19.2. The molecule has 1 N–H and O–H groups in total. The van der Waals surface area contributed by atoms with Crippen LogP contribution in [0.3, 0.4) is 0 Å². The first-order valence-electron chi connectivity index (χ1n) is 11.8. The maximum Gasteiger partial charge on any atom is 0.131 e. The van der Waals surface area contributed by atoms with Crippen molar-refractivity contribution in [1.29, 1.82) is 0 Å². The van der Waals surface area contributed by atoms with Crippen molar-refractivity contribution in [2.24, 2.45) is 0 Å². The standard InChI is InChI=1S/C28H31F2NO3/c29-24-10-7-23(27(30)17-24)20-34-28-18-31-14-13-26(28)22-8-11-25(12-9-22)33-16-4-15-32-19-21-5-2-1-3-6-21/h1-3,5-12,17,26,28,31H,4,13-16,18-20H2. The molecule has 34 heavy (non-hydrogen) atoms. The highest BCUT2D eigenvalue weighted by Crippen LogP contribution is 2.30. The van der Waals surface area contributed by atoms with E-state index in [0.717, 1.165) is 31.2 Å². The van der Waals surface area contributed by atoms with E-state index >= 15 is 0 Å². The van der Waals surface area contributed by atoms with E-state index in [-0.39, 0.29) is 18.6 Å². The summed E-state index contributed by atoms with van der Waals surface area (Å²) < 4.78 is 44.7. The van der Waals surface area contributed by atoms with E-state index in [4.69, 9.17) is 14.2 Å². The van der Waals surface area contributed by atoms with Crippen molar-refractivity contribution in [2.75, 3.05) is 26.3 Å². The number of piperidine rings is 1. The predicted octanol–water partition coefficient (Wildman–Crippen LogP) is 5.61. The molecule has 1 aliphatic heterocycles. The Morgan fingerprint density at radius 2 is 1.71 bits per heavy atom. The van der Waals surface area contributed by atoms with Crippen LogP contribution in [-0.2, 0) is 22.7 Å². The molecular formula is C28H31F2NO3. The van der Waals surface area contributed by atoms with Crippen LogP contribution in [0.4, 0.5) is 8.78 Å². The molecule has 2 atom stereocenters. The monoisotopic (exact) mass is 467 g/mol. The van der Waals surface area contributed by atoms with Crippen LogP contribution in [0.1, 0.15) is 35.4 Å². The van der Waals surface area contributed by atoms with E-state index in [1.165, 1.54) is 23.3 Å². The Morgan fingerprint density at radius 3 is 2.50 bits per heavy atom. The third kappa shape index (κ3) is 7.10. The maximum absolute atomic E-state index is 14.0. The highest BCUT2D eigenvalue weighted by molar-refractivity contribution is 5.30. The summed E-state index contributed by atoms with van der Waals surface area (Å²) in [5, 5.41) is 3.35. The smallest absolute Gasteiger partial charge is 0.131 e. The summed E-state index contributed by atoms with van der Waals surface area (Å²) in [7, 11) is 0. The lowest BCUT2D eigenvalue weighted by molar-refractivity contribution is 0.00935. The number of halogens is 2. The SMILES string of the molecule is Fc1ccc(COC2CNCCC2c2ccc(OCCCOCc3ccccc3)cc2)c(F)c1. The van der Waals surface area contributed by atoms with E-state index < -0.39 is 11.6 Å². The van der Waals surface area contributed by atoms with Crippen LogP contribution in [0.25, 0.3) is 0 Å². The molecule has 2 unspecified atom stereocenters. The Balaban J connectivity index is 1.22. The fraction of sp³-hybridized carbons (Fsp3) is 0.357. The van der Waals surface area contributed by atoms with Crippen LogP contribution in [0.2, 0.25) is 0 Å². The average molecular weight is 468 g/mol. The minimum absolute atomic E-state index is 0.0910. The number of ether oxygens (including phenoxy) is 3. The Bertz CT molecular complexity index is 1010. The highest BCUT2D eigenvalue weighted by atomic mass is 19.1. The molecule has 6 heteroatoms. The topological polar surface area (TPSA) is 39.7 Å². The molecule has 4 nitrogen and oxygen atoms in total. The summed E-state index contributed by atoms with van der Waals surface area (Å²) in [6.45, 7) is 3.56. The molecule has 1 aliphatic rings. The zero-order chi connectivity index (χ0) is 23.6. The highest BCUT2D eigenvalue weighted by Gasteiger charge is 2.27. The van der Waals surface area contributed by atoms with E-state index in [0.29, 0.717) is 31.9 Å². The lowest BCUT2D eigenvalue weighted by atomic mass is 9.87. The molecule has 3 aromatic carbocycles. The summed E-state index contributed by atoms with van der Waals surface area (Å²) in [6.07, 6.45) is 1.65. The quantitative estimate of drug-likeness (QED) is 0.372. The van der Waals surface area contributed by atoms with Crippen LogP contribution in [0.5, 0.6) is 5.75 Å². The van der Waals surface area contributed by atoms with Gasteiger partial charge in [0.05, 0.1) is 32.5 Å². The molecule has 0 spiro atoms. The number of hydrogen-bond donors (Lipinski definition) is 1. The van der Waals surface area contributed by atoms with Gasteiger partial charge in [-0.25, -0.2) is 8.78 Å². The van der Waals surface area contributed by atoms with Crippen LogP contribution in [-0.4, -0.2) is 32.4 Å². The average Bonchev–Trinajstić information content (AvgIpc) is 2.87. The molecule has 1 fully saturated rings. The third-order valence-corrected chi connectivity index (χ3v) is 6.02. The van der Waals surface area contributed by atoms with E-state index in [1.807, 2.05) is 30.3 Å². The van der Waals surface area contributed by atoms with E-state index in [9.17, 15) is 8.78 Å². The molecule has 180 valence electrons. The molecule has 1 saturated heterocycles. The lowest BCUT2D eigenvalue weighted by Crippen LogP contribution is -2.41. The summed E-state index contributed by atoms with van der Waals surface area (Å²) in [5.74, 6) is -0.135. The van der Waals surface area contributed by atoms with Gasteiger partial charge < -0.3 is 19.5 Å². The number of nitrogens with one attached hydrogen (secondary N) is 1. The van der Waals surface area contributed by atoms with Crippen LogP contribution in [0, 0.1) is 11.6 Å². The van der Waals surface area contributed by atoms with Crippen LogP contribution in [0.15, 0.2) is 72.8 Å². The molecule has 3 aromatic rings. The van der Waals surface area contributed by atoms with Crippen molar-refractivity contribution < 1.29 is 23.0 Å². The number of rotatable bonds is 11. The summed E-state index contributed by atoms with van der Waals surface area (Å²) in [4.78, 5) is 0. The van der Waals surface area contributed by atoms with E-state index in [1.54, 1.807) is 0 Å². The first-order valence-corrected chi connectivity index (χ1v) is 11.8. The normalized spacial score (nSPS) is 18.1. The minimum atomic E-state index is -0.583. The second-order valence-electron chi connectivity index (χ2n) is 8.49. The Hall–Kier alpha value is -2.80. The van der Waals surface area contributed by atoms with Crippen LogP contribution >= 0.6 is 0 Å². The maximum atomic E-state index is 14.0. The van der Waals surface area contributed by atoms with E-state index in [2.05, 4.69) is 29.6 Å². The van der Waals surface area contributed by atoms with Gasteiger partial charge in [-0.1, -0.05) is 48.5 Å². The second-order valence-corrected chi connectivity index (χ2v) is 8.49. The second kappa shape index (κ2) is 12.6. The lowest BCUT2D eigenvalue weighted by Gasteiger charge is -2.32. The minimum Gasteiger partial charge on any atom is -0.494 e. The van der Waals surface area contributed by atoms with Gasteiger partial charge in [0.2, 0.25) is 0 Å². The van der Waals surface area contributed by atoms with Gasteiger partial charge in [-0.05, 0) is 42.3 Å². The first kappa shape index (κ1) is 24.3. The molecule has 0 bridgehead atoms. The van der Waals surface area contributed by atoms with Crippen molar-refractivity contribution in [3.63, 3.8) is 0 Å². The van der Waals surface area contributed by atoms with Crippen molar-refractivity contribution in [3.8, 4) is 5.75 Å². The number of benzene rings is 3. The van der Waals surface area contributed by atoms with Crippen molar-refractivity contribution in [1.82, 2.24) is 5.32 Å². The Morgan fingerprint density at radius 1 is 0.882 bits per heavy atom. The molecule has 4 rings (SSSR count). The van der Waals surface area contributed by atoms with Crippen LogP contribution < -0.4 is 10.1 Å². The van der Waals surface area contributed by atoms with Gasteiger partial charge in [0.25, 0.3) is 0 Å². The molecule has 0 amide bonds. The summed E-state index contributed by atoms with van der Waals surface area (Å²) >= 11 is 0. The third-order valence-electron chi connectivity index (χ3n) is 6.02. The Kier molecular flexibility index (Phi) is 9.02. The van der Waals surface area contributed by atoms with Gasteiger partial charge in [-0.3, -0.25) is 0 Å². The first-order chi connectivity index (χ1) is 16.7. The fourth-order valence-corrected chi connectivity index (χ4v) is 4.15. The summed E-state index contributed by atoms with van der Waals surface area (Å²) in [5.41, 5.74) is 2.70. The van der Waals surface area contributed by atoms with Gasteiger partial charge in [-0.2, -0.15) is 0 Å². The molecule has 0 saturated carbocycles. The molecule has 0 radical (unpaired) electrons.